The van der Waals surface area contributed by atoms with Crippen molar-refractivity contribution in [3.05, 3.63) is 28.2 Å². The zero-order valence-corrected chi connectivity index (χ0v) is 13.5. The third-order valence-corrected chi connectivity index (χ3v) is 4.33. The maximum Gasteiger partial charge on any atom is 0.222 e. The first kappa shape index (κ1) is 15.3. The molecule has 0 aromatic heterocycles. The van der Waals surface area contributed by atoms with Gasteiger partial charge in [-0.1, -0.05) is 22.9 Å². The third-order valence-electron chi connectivity index (χ3n) is 3.84. The fourth-order valence-electron chi connectivity index (χ4n) is 2.66. The van der Waals surface area contributed by atoms with Crippen LogP contribution in [0.1, 0.15) is 37.8 Å². The van der Waals surface area contributed by atoms with Crippen molar-refractivity contribution in [2.75, 3.05) is 13.6 Å². The lowest BCUT2D eigenvalue weighted by molar-refractivity contribution is -0.132. The lowest BCUT2D eigenvalue weighted by Gasteiger charge is -2.33. The van der Waals surface area contributed by atoms with Crippen molar-refractivity contribution in [3.8, 4) is 5.75 Å². The largest absolute Gasteiger partial charge is 0.508 e. The number of rotatable bonds is 4. The minimum absolute atomic E-state index is 0.0964. The van der Waals surface area contributed by atoms with Crippen molar-refractivity contribution in [3.63, 3.8) is 0 Å². The van der Waals surface area contributed by atoms with Gasteiger partial charge in [0.05, 0.1) is 0 Å². The summed E-state index contributed by atoms with van der Waals surface area (Å²) in [4.78, 5) is 13.3. The predicted octanol–water partition coefficient (Wildman–Crippen LogP) is 2.82. The average Bonchev–Trinajstić information content (AvgIpc) is 2.43. The minimum Gasteiger partial charge on any atom is -0.508 e. The van der Waals surface area contributed by atoms with E-state index in [9.17, 15) is 9.90 Å². The van der Waals surface area contributed by atoms with Gasteiger partial charge < -0.3 is 15.3 Å². The molecule has 2 N–H and O–H groups in total. The van der Waals surface area contributed by atoms with Gasteiger partial charge >= 0.3 is 0 Å². The number of piperidine rings is 1. The first-order valence-electron chi connectivity index (χ1n) is 6.99. The lowest BCUT2D eigenvalue weighted by atomic mass is 9.99. The molecule has 1 fully saturated rings. The highest BCUT2D eigenvalue weighted by Crippen LogP contribution is 2.30. The van der Waals surface area contributed by atoms with Gasteiger partial charge in [-0.2, -0.15) is 0 Å². The molecule has 1 aliphatic heterocycles. The number of nitrogens with zero attached hydrogens (tertiary/aromatic N) is 1. The van der Waals surface area contributed by atoms with Crippen molar-refractivity contribution < 1.29 is 9.90 Å². The molecule has 0 spiro atoms. The van der Waals surface area contributed by atoms with Gasteiger partial charge in [0.2, 0.25) is 5.91 Å². The molecule has 2 atom stereocenters. The van der Waals surface area contributed by atoms with Crippen LogP contribution in [0.15, 0.2) is 22.7 Å². The van der Waals surface area contributed by atoms with Crippen LogP contribution in [0.25, 0.3) is 0 Å². The number of likely N-dealkylation sites (tertiary alicyclic amines) is 1. The molecule has 5 heteroatoms. The van der Waals surface area contributed by atoms with E-state index in [4.69, 9.17) is 0 Å². The number of nitrogens with one attached hydrogen (secondary N) is 1. The standard InChI is InChI=1S/C15H21BrN2O2/c1-3-13(12-8-10(16)4-6-14(12)19)17-11-5-7-15(20)18(2)9-11/h4,6,8,11,13,17,19H,3,5,7,9H2,1-2H3. The van der Waals surface area contributed by atoms with Crippen molar-refractivity contribution in [1.82, 2.24) is 10.2 Å². The van der Waals surface area contributed by atoms with Crippen LogP contribution in [0, 0.1) is 0 Å². The van der Waals surface area contributed by atoms with E-state index in [0.29, 0.717) is 12.2 Å². The second-order valence-electron chi connectivity index (χ2n) is 5.34. The van der Waals surface area contributed by atoms with Gasteiger partial charge in [-0.25, -0.2) is 0 Å². The molecule has 1 amide bonds. The van der Waals surface area contributed by atoms with Crippen LogP contribution in [0.3, 0.4) is 0 Å². The number of hydrogen-bond acceptors (Lipinski definition) is 3. The van der Waals surface area contributed by atoms with Gasteiger partial charge in [0, 0.05) is 42.1 Å². The monoisotopic (exact) mass is 340 g/mol. The number of likely N-dealkylation sites (N-methyl/N-ethyl adjacent to an activating group) is 1. The van der Waals surface area contributed by atoms with E-state index in [1.54, 1.807) is 11.0 Å². The number of halogens is 1. The van der Waals surface area contributed by atoms with E-state index < -0.39 is 0 Å². The maximum absolute atomic E-state index is 11.5. The molecule has 1 heterocycles. The maximum atomic E-state index is 11.5. The first-order valence-corrected chi connectivity index (χ1v) is 7.79. The molecule has 1 aliphatic rings. The fraction of sp³-hybridized carbons (Fsp3) is 0.533. The van der Waals surface area contributed by atoms with Gasteiger partial charge in [0.1, 0.15) is 5.75 Å². The Morgan fingerprint density at radius 1 is 1.55 bits per heavy atom. The summed E-state index contributed by atoms with van der Waals surface area (Å²) in [5.41, 5.74) is 0.904. The van der Waals surface area contributed by atoms with Crippen LogP contribution >= 0.6 is 15.9 Å². The Labute approximate surface area is 128 Å². The van der Waals surface area contributed by atoms with Crippen molar-refractivity contribution in [2.24, 2.45) is 0 Å². The number of phenols is 1. The van der Waals surface area contributed by atoms with Crippen LogP contribution in [0.4, 0.5) is 0 Å². The molecule has 0 aliphatic carbocycles. The molecule has 1 aromatic carbocycles. The number of carbonyl (C=O) groups is 1. The molecule has 1 saturated heterocycles. The van der Waals surface area contributed by atoms with Gasteiger partial charge in [0.15, 0.2) is 0 Å². The molecule has 4 nitrogen and oxygen atoms in total. The molecule has 110 valence electrons. The molecule has 1 aromatic rings. The van der Waals surface area contributed by atoms with Gasteiger partial charge in [-0.15, -0.1) is 0 Å². The summed E-state index contributed by atoms with van der Waals surface area (Å²) in [7, 11) is 1.84. The van der Waals surface area contributed by atoms with E-state index >= 15 is 0 Å². The van der Waals surface area contributed by atoms with E-state index in [1.807, 2.05) is 19.2 Å². The highest BCUT2D eigenvalue weighted by molar-refractivity contribution is 9.10. The summed E-state index contributed by atoms with van der Waals surface area (Å²) in [6.07, 6.45) is 2.33. The molecule has 0 bridgehead atoms. The van der Waals surface area contributed by atoms with Crippen molar-refractivity contribution in [1.29, 1.82) is 0 Å². The zero-order valence-electron chi connectivity index (χ0n) is 11.9. The number of amides is 1. The second-order valence-corrected chi connectivity index (χ2v) is 6.26. The van der Waals surface area contributed by atoms with E-state index in [1.165, 1.54) is 0 Å². The first-order chi connectivity index (χ1) is 9.51. The molecular weight excluding hydrogens is 320 g/mol. The highest BCUT2D eigenvalue weighted by Gasteiger charge is 2.25. The molecule has 0 radical (unpaired) electrons. The molecule has 20 heavy (non-hydrogen) atoms. The second kappa shape index (κ2) is 6.59. The van der Waals surface area contributed by atoms with Gasteiger partial charge in [-0.05, 0) is 31.0 Å². The Morgan fingerprint density at radius 3 is 2.95 bits per heavy atom. The number of carbonyl (C=O) groups excluding carboxylic acids is 1. The Hall–Kier alpha value is -1.07. The number of aromatic hydroxyl groups is 1. The fourth-order valence-corrected chi connectivity index (χ4v) is 3.04. The summed E-state index contributed by atoms with van der Waals surface area (Å²) >= 11 is 3.44. The SMILES string of the molecule is CCC(NC1CCC(=O)N(C)C1)c1cc(Br)ccc1O. The Kier molecular flexibility index (Phi) is 5.05. The van der Waals surface area contributed by atoms with Crippen LogP contribution in [-0.2, 0) is 4.79 Å². The molecular formula is C15H21BrN2O2. The zero-order chi connectivity index (χ0) is 14.7. The highest BCUT2D eigenvalue weighted by atomic mass is 79.9. The molecule has 2 rings (SSSR count). The quantitative estimate of drug-likeness (QED) is 0.886. The summed E-state index contributed by atoms with van der Waals surface area (Å²) < 4.78 is 0.960. The number of hydrogen-bond donors (Lipinski definition) is 2. The summed E-state index contributed by atoms with van der Waals surface area (Å²) in [5.74, 6) is 0.522. The molecule has 0 saturated carbocycles. The number of phenolic OH excluding ortho intramolecular Hbond substituents is 1. The van der Waals surface area contributed by atoms with E-state index in [2.05, 4.69) is 28.2 Å². The predicted molar refractivity (Wildman–Crippen MR) is 82.6 cm³/mol. The van der Waals surface area contributed by atoms with Crippen LogP contribution in [-0.4, -0.2) is 35.5 Å². The van der Waals surface area contributed by atoms with Crippen molar-refractivity contribution >= 4 is 21.8 Å². The van der Waals surface area contributed by atoms with Crippen LogP contribution in [0.2, 0.25) is 0 Å². The van der Waals surface area contributed by atoms with Crippen LogP contribution in [0.5, 0.6) is 5.75 Å². The van der Waals surface area contributed by atoms with E-state index in [-0.39, 0.29) is 18.0 Å². The smallest absolute Gasteiger partial charge is 0.222 e. The summed E-state index contributed by atoms with van der Waals surface area (Å²) in [5, 5.41) is 13.6. The number of benzene rings is 1. The van der Waals surface area contributed by atoms with Gasteiger partial charge in [0.25, 0.3) is 0 Å². The molecule has 2 unspecified atom stereocenters. The summed E-state index contributed by atoms with van der Waals surface area (Å²) in [6, 6.07) is 5.87. The van der Waals surface area contributed by atoms with Crippen LogP contribution < -0.4 is 5.32 Å². The van der Waals surface area contributed by atoms with Gasteiger partial charge in [-0.3, -0.25) is 4.79 Å². The summed E-state index contributed by atoms with van der Waals surface area (Å²) in [6.45, 7) is 2.82. The Morgan fingerprint density at radius 2 is 2.30 bits per heavy atom. The van der Waals surface area contributed by atoms with E-state index in [0.717, 1.165) is 29.4 Å². The third kappa shape index (κ3) is 3.52. The minimum atomic E-state index is 0.0964. The topological polar surface area (TPSA) is 52.6 Å². The Bertz CT molecular complexity index is 493. The average molecular weight is 341 g/mol. The van der Waals surface area contributed by atoms with Crippen molar-refractivity contribution in [2.45, 2.75) is 38.3 Å². The lowest BCUT2D eigenvalue weighted by Crippen LogP contribution is -2.47. The Balaban J connectivity index is 2.09. The normalized spacial score (nSPS) is 21.1.